The lowest BCUT2D eigenvalue weighted by Gasteiger charge is -2.28. The van der Waals surface area contributed by atoms with E-state index in [1.54, 1.807) is 30.0 Å². The van der Waals surface area contributed by atoms with E-state index in [1.165, 1.54) is 0 Å². The van der Waals surface area contributed by atoms with Crippen LogP contribution in [-0.4, -0.2) is 56.3 Å². The molecule has 1 heterocycles. The smallest absolute Gasteiger partial charge is 0.291 e. The van der Waals surface area contributed by atoms with Gasteiger partial charge in [0.05, 0.1) is 23.0 Å². The second-order valence-electron chi connectivity index (χ2n) is 8.89. The molecule has 3 unspecified atom stereocenters. The standard InChI is InChI=1S/C24H27NO7S2/c1-2-30-14-31-10-11-33-20-9-8-19-22-17(20)4-3-5-18(22)23(26)25(24(19)27)32-34(28,29)21-13-15-6-7-16(21)12-15/h3-5,8-9,15-16,21H,2,6-7,10-14H2,1H3. The minimum absolute atomic E-state index is 0.0396. The van der Waals surface area contributed by atoms with Crippen molar-refractivity contribution in [3.63, 3.8) is 0 Å². The highest BCUT2D eigenvalue weighted by Crippen LogP contribution is 2.48. The van der Waals surface area contributed by atoms with Crippen LogP contribution in [0.4, 0.5) is 0 Å². The Labute approximate surface area is 203 Å². The summed E-state index contributed by atoms with van der Waals surface area (Å²) in [4.78, 5) is 27.3. The van der Waals surface area contributed by atoms with Gasteiger partial charge in [-0.05, 0) is 61.6 Å². The van der Waals surface area contributed by atoms with Crippen molar-refractivity contribution < 1.29 is 31.8 Å². The highest BCUT2D eigenvalue weighted by atomic mass is 32.2. The summed E-state index contributed by atoms with van der Waals surface area (Å²) < 4.78 is 41.8. The van der Waals surface area contributed by atoms with Crippen molar-refractivity contribution in [3.05, 3.63) is 41.5 Å². The predicted octanol–water partition coefficient (Wildman–Crippen LogP) is 3.99. The number of carbonyl (C=O) groups is 2. The van der Waals surface area contributed by atoms with E-state index in [-0.39, 0.29) is 23.8 Å². The molecular weight excluding hydrogens is 478 g/mol. The molecule has 0 radical (unpaired) electrons. The fourth-order valence-corrected chi connectivity index (χ4v) is 7.94. The molecular formula is C24H27NO7S2. The Hall–Kier alpha value is -1.98. The average Bonchev–Trinajstić information content (AvgIpc) is 3.47. The Bertz CT molecular complexity index is 1210. The zero-order valence-corrected chi connectivity index (χ0v) is 20.5. The number of amides is 2. The third-order valence-corrected chi connectivity index (χ3v) is 9.62. The average molecular weight is 506 g/mol. The van der Waals surface area contributed by atoms with Gasteiger partial charge in [-0.3, -0.25) is 9.59 Å². The van der Waals surface area contributed by atoms with Crippen molar-refractivity contribution in [2.24, 2.45) is 11.8 Å². The van der Waals surface area contributed by atoms with E-state index >= 15 is 0 Å². The summed E-state index contributed by atoms with van der Waals surface area (Å²) in [5.74, 6) is -0.409. The molecule has 10 heteroatoms. The van der Waals surface area contributed by atoms with E-state index in [9.17, 15) is 18.0 Å². The first kappa shape index (κ1) is 23.7. The zero-order valence-electron chi connectivity index (χ0n) is 18.9. The molecule has 182 valence electrons. The van der Waals surface area contributed by atoms with Crippen molar-refractivity contribution in [1.82, 2.24) is 5.06 Å². The summed E-state index contributed by atoms with van der Waals surface area (Å²) >= 11 is 1.55. The molecule has 34 heavy (non-hydrogen) atoms. The molecule has 1 aliphatic heterocycles. The fourth-order valence-electron chi connectivity index (χ4n) is 5.35. The Morgan fingerprint density at radius 3 is 2.53 bits per heavy atom. The van der Waals surface area contributed by atoms with E-state index < -0.39 is 27.2 Å². The third kappa shape index (κ3) is 4.26. The van der Waals surface area contributed by atoms with E-state index in [1.807, 2.05) is 19.1 Å². The first-order chi connectivity index (χ1) is 16.4. The Morgan fingerprint density at radius 1 is 1.03 bits per heavy atom. The second-order valence-corrected chi connectivity index (χ2v) is 11.8. The van der Waals surface area contributed by atoms with Crippen molar-refractivity contribution in [2.45, 2.75) is 42.8 Å². The monoisotopic (exact) mass is 505 g/mol. The summed E-state index contributed by atoms with van der Waals surface area (Å²) in [6.45, 7) is 3.22. The summed E-state index contributed by atoms with van der Waals surface area (Å²) in [5.41, 5.74) is 0.510. The van der Waals surface area contributed by atoms with Crippen molar-refractivity contribution in [3.8, 4) is 0 Å². The highest BCUT2D eigenvalue weighted by Gasteiger charge is 2.49. The van der Waals surface area contributed by atoms with Gasteiger partial charge < -0.3 is 9.47 Å². The third-order valence-electron chi connectivity index (χ3n) is 6.91. The molecule has 2 aromatic carbocycles. The maximum atomic E-state index is 13.2. The van der Waals surface area contributed by atoms with Gasteiger partial charge in [-0.25, -0.2) is 0 Å². The van der Waals surface area contributed by atoms with Gasteiger partial charge in [-0.15, -0.1) is 21.1 Å². The summed E-state index contributed by atoms with van der Waals surface area (Å²) in [6.07, 6.45) is 3.28. The lowest BCUT2D eigenvalue weighted by Crippen LogP contribution is -2.44. The van der Waals surface area contributed by atoms with Crippen LogP contribution in [0, 0.1) is 11.8 Å². The number of hydrogen-bond donors (Lipinski definition) is 0. The largest absolute Gasteiger partial charge is 0.356 e. The SMILES string of the molecule is CCOCOCCSc1ccc2c3c(cccc13)C(=O)N(OS(=O)(=O)C1CC3CCC1C3)C2=O. The first-order valence-corrected chi connectivity index (χ1v) is 14.0. The highest BCUT2D eigenvalue weighted by molar-refractivity contribution is 7.99. The molecule has 0 spiro atoms. The van der Waals surface area contributed by atoms with Crippen LogP contribution in [0.25, 0.3) is 10.8 Å². The van der Waals surface area contributed by atoms with Gasteiger partial charge in [0.1, 0.15) is 6.79 Å². The van der Waals surface area contributed by atoms with E-state index in [4.69, 9.17) is 13.8 Å². The number of nitrogens with zero attached hydrogens (tertiary/aromatic N) is 1. The second kappa shape index (κ2) is 9.58. The quantitative estimate of drug-likeness (QED) is 0.207. The van der Waals surface area contributed by atoms with Gasteiger partial charge >= 0.3 is 0 Å². The molecule has 0 saturated heterocycles. The van der Waals surface area contributed by atoms with Crippen LogP contribution in [0.5, 0.6) is 0 Å². The van der Waals surface area contributed by atoms with Crippen LogP contribution >= 0.6 is 11.8 Å². The maximum absolute atomic E-state index is 13.2. The number of ether oxygens (including phenoxy) is 2. The molecule has 8 nitrogen and oxygen atoms in total. The van der Waals surface area contributed by atoms with Gasteiger partial charge in [0.2, 0.25) is 0 Å². The number of hydroxylamine groups is 2. The van der Waals surface area contributed by atoms with Crippen LogP contribution in [0.2, 0.25) is 0 Å². The maximum Gasteiger partial charge on any atom is 0.291 e. The number of fused-ring (bicyclic) bond motifs is 2. The Morgan fingerprint density at radius 2 is 1.82 bits per heavy atom. The van der Waals surface area contributed by atoms with Crippen LogP contribution in [0.3, 0.4) is 0 Å². The molecule has 2 bridgehead atoms. The van der Waals surface area contributed by atoms with Crippen LogP contribution < -0.4 is 0 Å². The van der Waals surface area contributed by atoms with Gasteiger partial charge in [-0.1, -0.05) is 18.6 Å². The number of benzene rings is 2. The molecule has 0 N–H and O–H groups in total. The number of rotatable bonds is 10. The molecule has 3 aliphatic rings. The molecule has 5 rings (SSSR count). The van der Waals surface area contributed by atoms with Crippen LogP contribution in [0.15, 0.2) is 35.2 Å². The summed E-state index contributed by atoms with van der Waals surface area (Å²) in [6, 6.07) is 8.62. The number of hydrogen-bond acceptors (Lipinski definition) is 8. The number of carbonyl (C=O) groups excluding carboxylic acids is 2. The van der Waals surface area contributed by atoms with Gasteiger partial charge in [0.15, 0.2) is 0 Å². The topological polar surface area (TPSA) is 99.2 Å². The fraction of sp³-hybridized carbons (Fsp3) is 0.500. The van der Waals surface area contributed by atoms with E-state index in [0.717, 1.165) is 29.5 Å². The zero-order chi connectivity index (χ0) is 23.9. The molecule has 2 aliphatic carbocycles. The molecule has 2 fully saturated rings. The Kier molecular flexibility index (Phi) is 6.69. The molecule has 0 aromatic heterocycles. The number of imide groups is 1. The van der Waals surface area contributed by atoms with Crippen molar-refractivity contribution in [2.75, 3.05) is 25.8 Å². The van der Waals surface area contributed by atoms with Gasteiger partial charge in [0, 0.05) is 22.6 Å². The van der Waals surface area contributed by atoms with Crippen molar-refractivity contribution >= 4 is 44.5 Å². The lowest BCUT2D eigenvalue weighted by molar-refractivity contribution is -0.0435. The van der Waals surface area contributed by atoms with Crippen LogP contribution in [-0.2, 0) is 23.9 Å². The van der Waals surface area contributed by atoms with E-state index in [0.29, 0.717) is 41.8 Å². The number of thioether (sulfide) groups is 1. The normalized spacial score (nSPS) is 23.9. The van der Waals surface area contributed by atoms with Gasteiger partial charge in [0.25, 0.3) is 21.9 Å². The summed E-state index contributed by atoms with van der Waals surface area (Å²) in [7, 11) is -4.10. The minimum Gasteiger partial charge on any atom is -0.356 e. The Balaban J connectivity index is 1.37. The van der Waals surface area contributed by atoms with Crippen molar-refractivity contribution in [1.29, 1.82) is 0 Å². The first-order valence-electron chi connectivity index (χ1n) is 11.6. The van der Waals surface area contributed by atoms with Crippen LogP contribution in [0.1, 0.15) is 53.3 Å². The molecule has 2 aromatic rings. The lowest BCUT2D eigenvalue weighted by atomic mass is 9.95. The molecule has 2 amide bonds. The predicted molar refractivity (Wildman–Crippen MR) is 127 cm³/mol. The van der Waals surface area contributed by atoms with E-state index in [2.05, 4.69) is 0 Å². The van der Waals surface area contributed by atoms with Gasteiger partial charge in [-0.2, -0.15) is 8.42 Å². The minimum atomic E-state index is -4.10. The molecule has 2 saturated carbocycles. The summed E-state index contributed by atoms with van der Waals surface area (Å²) in [5, 5.41) is 1.07. The molecule has 3 atom stereocenters.